The molecule has 0 bridgehead atoms. The van der Waals surface area contributed by atoms with Crippen LogP contribution in [0.1, 0.15) is 21.6 Å². The summed E-state index contributed by atoms with van der Waals surface area (Å²) in [5.74, 6) is -2.27. The van der Waals surface area contributed by atoms with Crippen LogP contribution in [0.15, 0.2) is 24.4 Å². The minimum Gasteiger partial charge on any atom is -0.476 e. The van der Waals surface area contributed by atoms with Crippen LogP contribution in [-0.4, -0.2) is 20.9 Å². The smallest absolute Gasteiger partial charge is 0.416 e. The predicted octanol–water partition coefficient (Wildman–Crippen LogP) is 3.04. The van der Waals surface area contributed by atoms with Gasteiger partial charge < -0.3 is 5.11 Å². The summed E-state index contributed by atoms with van der Waals surface area (Å²) in [6.07, 6.45) is -3.47. The van der Waals surface area contributed by atoms with Gasteiger partial charge >= 0.3 is 12.1 Å². The number of halogens is 4. The second kappa shape index (κ2) is 4.62. The van der Waals surface area contributed by atoms with Gasteiger partial charge in [0, 0.05) is 11.8 Å². The Labute approximate surface area is 110 Å². The summed E-state index contributed by atoms with van der Waals surface area (Å²) in [6.45, 7) is 1.42. The average Bonchev–Trinajstić information content (AvgIpc) is 2.70. The third-order valence-corrected chi connectivity index (χ3v) is 2.62. The van der Waals surface area contributed by atoms with Crippen molar-refractivity contribution in [2.24, 2.45) is 0 Å². The number of rotatable bonds is 2. The Morgan fingerprint density at radius 3 is 2.50 bits per heavy atom. The van der Waals surface area contributed by atoms with Crippen molar-refractivity contribution in [3.05, 3.63) is 47.0 Å². The van der Waals surface area contributed by atoms with Gasteiger partial charge in [0.2, 0.25) is 0 Å². The Kier molecular flexibility index (Phi) is 3.24. The predicted molar refractivity (Wildman–Crippen MR) is 60.2 cm³/mol. The number of aromatic nitrogens is 2. The molecule has 0 fully saturated rings. The molecule has 0 amide bonds. The molecule has 8 heteroatoms. The summed E-state index contributed by atoms with van der Waals surface area (Å²) in [5, 5.41) is 12.4. The number of nitrogens with zero attached hydrogens (tertiary/aromatic N) is 2. The monoisotopic (exact) mass is 288 g/mol. The molecule has 1 heterocycles. The molecule has 1 aromatic carbocycles. The van der Waals surface area contributed by atoms with E-state index >= 15 is 0 Å². The van der Waals surface area contributed by atoms with Gasteiger partial charge in [0.25, 0.3) is 0 Å². The Morgan fingerprint density at radius 2 is 2.00 bits per heavy atom. The molecule has 106 valence electrons. The lowest BCUT2D eigenvalue weighted by Crippen LogP contribution is -2.08. The van der Waals surface area contributed by atoms with Crippen LogP contribution in [0.4, 0.5) is 17.6 Å². The lowest BCUT2D eigenvalue weighted by molar-refractivity contribution is -0.137. The van der Waals surface area contributed by atoms with Crippen LogP contribution >= 0.6 is 0 Å². The number of carboxylic acid groups (broad SMARTS) is 1. The molecule has 2 rings (SSSR count). The molecule has 4 nitrogen and oxygen atoms in total. The molecule has 0 aliphatic carbocycles. The van der Waals surface area contributed by atoms with Crippen LogP contribution in [0.25, 0.3) is 5.69 Å². The van der Waals surface area contributed by atoms with E-state index in [2.05, 4.69) is 5.10 Å². The zero-order valence-corrected chi connectivity index (χ0v) is 10.1. The van der Waals surface area contributed by atoms with E-state index in [-0.39, 0.29) is 11.3 Å². The first-order chi connectivity index (χ1) is 9.20. The van der Waals surface area contributed by atoms with Crippen LogP contribution in [0.5, 0.6) is 0 Å². The number of hydrogen-bond donors (Lipinski definition) is 1. The summed E-state index contributed by atoms with van der Waals surface area (Å²) in [5.41, 5.74) is -1.63. The van der Waals surface area contributed by atoms with Crippen molar-refractivity contribution in [3.8, 4) is 5.69 Å². The zero-order valence-electron chi connectivity index (χ0n) is 10.1. The zero-order chi connectivity index (χ0) is 15.1. The summed E-state index contributed by atoms with van der Waals surface area (Å²) in [7, 11) is 0. The molecule has 0 radical (unpaired) electrons. The lowest BCUT2D eigenvalue weighted by Gasteiger charge is -2.09. The topological polar surface area (TPSA) is 55.1 Å². The minimum atomic E-state index is -4.62. The van der Waals surface area contributed by atoms with Gasteiger partial charge in [-0.3, -0.25) is 0 Å². The summed E-state index contributed by atoms with van der Waals surface area (Å²) >= 11 is 0. The van der Waals surface area contributed by atoms with Crippen LogP contribution in [-0.2, 0) is 6.18 Å². The van der Waals surface area contributed by atoms with Crippen molar-refractivity contribution in [1.29, 1.82) is 0 Å². The average molecular weight is 288 g/mol. The number of carbonyl (C=O) groups is 1. The van der Waals surface area contributed by atoms with Crippen molar-refractivity contribution in [2.45, 2.75) is 13.1 Å². The van der Waals surface area contributed by atoms with Gasteiger partial charge in [0.15, 0.2) is 5.69 Å². The Bertz CT molecular complexity index is 677. The van der Waals surface area contributed by atoms with E-state index < -0.39 is 29.2 Å². The highest BCUT2D eigenvalue weighted by molar-refractivity contribution is 5.86. The fourth-order valence-electron chi connectivity index (χ4n) is 1.66. The standard InChI is InChI=1S/C12H8F4N2O2/c1-6-5-18(17-10(6)11(19)20)9-4-7(12(14,15)16)2-3-8(9)13/h2-5H,1H3,(H,19,20). The first-order valence-electron chi connectivity index (χ1n) is 5.37. The molecule has 1 N–H and O–H groups in total. The van der Waals surface area contributed by atoms with Gasteiger partial charge in [-0.25, -0.2) is 13.9 Å². The fourth-order valence-corrected chi connectivity index (χ4v) is 1.66. The first kappa shape index (κ1) is 14.0. The van der Waals surface area contributed by atoms with Crippen LogP contribution in [0, 0.1) is 12.7 Å². The molecule has 0 saturated heterocycles. The normalized spacial score (nSPS) is 11.7. The van der Waals surface area contributed by atoms with Crippen molar-refractivity contribution >= 4 is 5.97 Å². The maximum absolute atomic E-state index is 13.6. The Balaban J connectivity index is 2.57. The Hall–Kier alpha value is -2.38. The molecular formula is C12H8F4N2O2. The SMILES string of the molecule is Cc1cn(-c2cc(C(F)(F)F)ccc2F)nc1C(=O)O. The maximum atomic E-state index is 13.6. The van der Waals surface area contributed by atoms with E-state index in [4.69, 9.17) is 5.11 Å². The van der Waals surface area contributed by atoms with E-state index in [1.807, 2.05) is 0 Å². The van der Waals surface area contributed by atoms with E-state index in [0.717, 1.165) is 10.9 Å². The highest BCUT2D eigenvalue weighted by Gasteiger charge is 2.31. The molecule has 0 aliphatic rings. The van der Waals surface area contributed by atoms with Gasteiger partial charge in [-0.15, -0.1) is 0 Å². The quantitative estimate of drug-likeness (QED) is 0.864. The van der Waals surface area contributed by atoms with Gasteiger partial charge in [-0.05, 0) is 25.1 Å². The first-order valence-corrected chi connectivity index (χ1v) is 5.37. The molecule has 20 heavy (non-hydrogen) atoms. The van der Waals surface area contributed by atoms with Gasteiger partial charge in [0.05, 0.1) is 5.56 Å². The summed E-state index contributed by atoms with van der Waals surface area (Å²) < 4.78 is 52.1. The van der Waals surface area contributed by atoms with Gasteiger partial charge in [-0.2, -0.15) is 18.3 Å². The van der Waals surface area contributed by atoms with Gasteiger partial charge in [0.1, 0.15) is 11.5 Å². The largest absolute Gasteiger partial charge is 0.476 e. The minimum absolute atomic E-state index is 0.217. The second-order valence-electron chi connectivity index (χ2n) is 4.07. The highest BCUT2D eigenvalue weighted by atomic mass is 19.4. The Morgan fingerprint density at radius 1 is 1.35 bits per heavy atom. The van der Waals surface area contributed by atoms with E-state index in [1.54, 1.807) is 0 Å². The molecule has 0 aliphatic heterocycles. The number of hydrogen-bond acceptors (Lipinski definition) is 2. The van der Waals surface area contributed by atoms with Crippen LogP contribution in [0.2, 0.25) is 0 Å². The number of aryl methyl sites for hydroxylation is 1. The molecule has 0 unspecified atom stereocenters. The third kappa shape index (κ3) is 2.49. The van der Waals surface area contributed by atoms with Crippen LogP contribution in [0.3, 0.4) is 0 Å². The summed E-state index contributed by atoms with van der Waals surface area (Å²) in [4.78, 5) is 10.8. The number of benzene rings is 1. The van der Waals surface area contributed by atoms with Crippen molar-refractivity contribution in [1.82, 2.24) is 9.78 Å². The third-order valence-electron chi connectivity index (χ3n) is 2.62. The fraction of sp³-hybridized carbons (Fsp3) is 0.167. The van der Waals surface area contributed by atoms with Crippen molar-refractivity contribution in [3.63, 3.8) is 0 Å². The molecule has 1 aromatic heterocycles. The second-order valence-corrected chi connectivity index (χ2v) is 4.07. The van der Waals surface area contributed by atoms with Gasteiger partial charge in [-0.1, -0.05) is 0 Å². The lowest BCUT2D eigenvalue weighted by atomic mass is 10.2. The molecule has 0 spiro atoms. The molecule has 2 aromatic rings. The van der Waals surface area contributed by atoms with E-state index in [0.29, 0.717) is 18.2 Å². The molecule has 0 atom stereocenters. The van der Waals surface area contributed by atoms with Crippen molar-refractivity contribution in [2.75, 3.05) is 0 Å². The maximum Gasteiger partial charge on any atom is 0.416 e. The van der Waals surface area contributed by atoms with Crippen LogP contribution < -0.4 is 0 Å². The van der Waals surface area contributed by atoms with Crippen molar-refractivity contribution < 1.29 is 27.5 Å². The van der Waals surface area contributed by atoms with E-state index in [9.17, 15) is 22.4 Å². The number of carboxylic acids is 1. The highest BCUT2D eigenvalue weighted by Crippen LogP contribution is 2.31. The number of aromatic carboxylic acids is 1. The number of alkyl halides is 3. The molecule has 0 saturated carbocycles. The van der Waals surface area contributed by atoms with E-state index in [1.165, 1.54) is 6.92 Å². The molecular weight excluding hydrogens is 280 g/mol. The summed E-state index contributed by atoms with van der Waals surface area (Å²) in [6, 6.07) is 1.84.